The topological polar surface area (TPSA) is 82.1 Å². The van der Waals surface area contributed by atoms with Crippen LogP contribution in [0, 0.1) is 28.6 Å². The maximum atomic E-state index is 12.9. The molecule has 7 atom stereocenters. The summed E-state index contributed by atoms with van der Waals surface area (Å²) in [6, 6.07) is 0. The van der Waals surface area contributed by atoms with Crippen LogP contribution in [-0.2, 0) is 23.8 Å². The average Bonchev–Trinajstić information content (AvgIpc) is 2.63. The number of esters is 2. The Hall–Kier alpha value is -1.14. The van der Waals surface area contributed by atoms with Crippen LogP contribution in [0.15, 0.2) is 0 Å². The zero-order chi connectivity index (χ0) is 18.1. The number of cyclic esters (lactones) is 1. The molecule has 0 aromatic heterocycles. The predicted octanol–water partition coefficient (Wildman–Crippen LogP) is 1.89. The minimum absolute atomic E-state index is 0.0122. The summed E-state index contributed by atoms with van der Waals surface area (Å²) in [6.45, 7) is 9.12. The van der Waals surface area contributed by atoms with Gasteiger partial charge in [0.1, 0.15) is 6.10 Å². The van der Waals surface area contributed by atoms with Crippen molar-refractivity contribution in [1.29, 1.82) is 0 Å². The second-order valence-corrected chi connectivity index (χ2v) is 8.54. The quantitative estimate of drug-likeness (QED) is 0.773. The third-order valence-corrected chi connectivity index (χ3v) is 7.10. The van der Waals surface area contributed by atoms with E-state index in [2.05, 4.69) is 0 Å². The van der Waals surface area contributed by atoms with Gasteiger partial charge in [-0.05, 0) is 31.1 Å². The first kappa shape index (κ1) is 17.7. The lowest BCUT2D eigenvalue weighted by molar-refractivity contribution is -0.305. The molecular weight excluding hydrogens is 312 g/mol. The number of methoxy groups -OCH3 is 1. The molecule has 2 saturated carbocycles. The van der Waals surface area contributed by atoms with Crippen LogP contribution in [0.1, 0.15) is 47.5 Å². The van der Waals surface area contributed by atoms with Crippen molar-refractivity contribution in [2.75, 3.05) is 7.11 Å². The lowest BCUT2D eigenvalue weighted by Gasteiger charge is -2.59. The molecule has 1 N–H and O–H groups in total. The third kappa shape index (κ3) is 1.90. The normalized spacial score (nSPS) is 49.3. The van der Waals surface area contributed by atoms with Gasteiger partial charge in [-0.25, -0.2) is 0 Å². The molecular formula is C18H28O6. The van der Waals surface area contributed by atoms with Crippen molar-refractivity contribution in [3.8, 4) is 0 Å². The number of hydrogen-bond acceptors (Lipinski definition) is 6. The molecule has 24 heavy (non-hydrogen) atoms. The Morgan fingerprint density at radius 3 is 2.50 bits per heavy atom. The van der Waals surface area contributed by atoms with E-state index in [9.17, 15) is 14.7 Å². The van der Waals surface area contributed by atoms with Gasteiger partial charge >= 0.3 is 11.9 Å². The molecule has 1 heterocycles. The van der Waals surface area contributed by atoms with Gasteiger partial charge in [-0.1, -0.05) is 20.8 Å². The van der Waals surface area contributed by atoms with Crippen molar-refractivity contribution in [3.63, 3.8) is 0 Å². The first-order valence-electron chi connectivity index (χ1n) is 8.64. The molecule has 1 aliphatic heterocycles. The fourth-order valence-corrected chi connectivity index (χ4v) is 5.68. The second kappa shape index (κ2) is 5.18. The standard InChI is InChI=1S/C18H28O6/c1-9-7-12(23-10(2)19)11-8-16(3,4)17(5)15(20)24-14(22-6)13(9)18(11,17)21/h9,11-14,21H,7-8H2,1-6H3/t9-,11-,12+,13-,14+,17+,18+/m1/s1. The van der Waals surface area contributed by atoms with E-state index >= 15 is 0 Å². The highest BCUT2D eigenvalue weighted by atomic mass is 16.7. The van der Waals surface area contributed by atoms with E-state index in [4.69, 9.17) is 14.2 Å². The van der Waals surface area contributed by atoms with Gasteiger partial charge in [0.15, 0.2) is 0 Å². The predicted molar refractivity (Wildman–Crippen MR) is 84.7 cm³/mol. The molecule has 0 aromatic rings. The number of carbonyl (C=O) groups excluding carboxylic acids is 2. The van der Waals surface area contributed by atoms with Crippen LogP contribution in [0.5, 0.6) is 0 Å². The maximum Gasteiger partial charge on any atom is 0.317 e. The van der Waals surface area contributed by atoms with Crippen LogP contribution < -0.4 is 0 Å². The molecule has 3 fully saturated rings. The Labute approximate surface area is 142 Å². The van der Waals surface area contributed by atoms with Crippen LogP contribution in [0.25, 0.3) is 0 Å². The summed E-state index contributed by atoms with van der Waals surface area (Å²) < 4.78 is 16.6. The zero-order valence-electron chi connectivity index (χ0n) is 15.3. The van der Waals surface area contributed by atoms with Gasteiger partial charge in [0, 0.05) is 20.0 Å². The Bertz CT molecular complexity index is 572. The number of carbonyl (C=O) groups is 2. The van der Waals surface area contributed by atoms with Gasteiger partial charge in [-0.3, -0.25) is 9.59 Å². The molecule has 6 heteroatoms. The minimum atomic E-state index is -1.33. The third-order valence-electron chi connectivity index (χ3n) is 7.10. The summed E-state index contributed by atoms with van der Waals surface area (Å²) in [7, 11) is 1.49. The number of rotatable bonds is 2. The molecule has 6 nitrogen and oxygen atoms in total. The smallest absolute Gasteiger partial charge is 0.317 e. The molecule has 0 unspecified atom stereocenters. The Morgan fingerprint density at radius 2 is 1.96 bits per heavy atom. The van der Waals surface area contributed by atoms with Crippen LogP contribution in [0.3, 0.4) is 0 Å². The van der Waals surface area contributed by atoms with Crippen molar-refractivity contribution in [3.05, 3.63) is 0 Å². The monoisotopic (exact) mass is 340 g/mol. The van der Waals surface area contributed by atoms with Gasteiger partial charge in [-0.15, -0.1) is 0 Å². The highest BCUT2D eigenvalue weighted by Crippen LogP contribution is 2.70. The summed E-state index contributed by atoms with van der Waals surface area (Å²) in [6.07, 6.45) is 0.0385. The maximum absolute atomic E-state index is 12.9. The zero-order valence-corrected chi connectivity index (χ0v) is 15.3. The SMILES string of the molecule is CO[C@H]1OC(=O)[C@@]2(C)C(C)(C)C[C@@H]3[C@@H](OC(C)=O)C[C@@H](C)[C@H]1[C@@]32O. The highest BCUT2D eigenvalue weighted by molar-refractivity contribution is 5.81. The second-order valence-electron chi connectivity index (χ2n) is 8.54. The molecule has 136 valence electrons. The van der Waals surface area contributed by atoms with Crippen molar-refractivity contribution >= 4 is 11.9 Å². The van der Waals surface area contributed by atoms with E-state index in [0.717, 1.165) is 0 Å². The lowest BCUT2D eigenvalue weighted by Crippen LogP contribution is -2.71. The van der Waals surface area contributed by atoms with Crippen LogP contribution in [0.4, 0.5) is 0 Å². The average molecular weight is 340 g/mol. The first-order chi connectivity index (χ1) is 11.0. The fraction of sp³-hybridized carbons (Fsp3) is 0.889. The number of aliphatic hydroxyl groups is 1. The highest BCUT2D eigenvalue weighted by Gasteiger charge is 2.79. The minimum Gasteiger partial charge on any atom is -0.462 e. The van der Waals surface area contributed by atoms with Gasteiger partial charge in [0.2, 0.25) is 6.29 Å². The molecule has 0 aromatic carbocycles. The fourth-order valence-electron chi connectivity index (χ4n) is 5.68. The molecule has 3 rings (SSSR count). The molecule has 1 saturated heterocycles. The van der Waals surface area contributed by atoms with Gasteiger partial charge in [-0.2, -0.15) is 0 Å². The van der Waals surface area contributed by atoms with E-state index < -0.39 is 34.8 Å². The van der Waals surface area contributed by atoms with E-state index in [-0.39, 0.29) is 23.7 Å². The lowest BCUT2D eigenvalue weighted by atomic mass is 9.52. The molecule has 3 aliphatic rings. The summed E-state index contributed by atoms with van der Waals surface area (Å²) in [5.41, 5.74) is -2.88. The molecule has 0 spiro atoms. The van der Waals surface area contributed by atoms with Crippen molar-refractivity contribution in [2.45, 2.75) is 65.5 Å². The van der Waals surface area contributed by atoms with Gasteiger partial charge in [0.05, 0.1) is 16.9 Å². The molecule has 0 radical (unpaired) electrons. The van der Waals surface area contributed by atoms with Crippen LogP contribution in [-0.4, -0.2) is 42.1 Å². The van der Waals surface area contributed by atoms with E-state index in [1.807, 2.05) is 20.8 Å². The van der Waals surface area contributed by atoms with Crippen LogP contribution >= 0.6 is 0 Å². The molecule has 0 amide bonds. The summed E-state index contributed by atoms with van der Waals surface area (Å²) >= 11 is 0. The summed E-state index contributed by atoms with van der Waals surface area (Å²) in [4.78, 5) is 24.4. The molecule has 0 bridgehead atoms. The van der Waals surface area contributed by atoms with Gasteiger partial charge < -0.3 is 19.3 Å². The van der Waals surface area contributed by atoms with Crippen LogP contribution in [0.2, 0.25) is 0 Å². The first-order valence-corrected chi connectivity index (χ1v) is 8.64. The Kier molecular flexibility index (Phi) is 3.81. The van der Waals surface area contributed by atoms with Crippen molar-refractivity contribution < 1.29 is 28.9 Å². The van der Waals surface area contributed by atoms with Gasteiger partial charge in [0.25, 0.3) is 0 Å². The summed E-state index contributed by atoms with van der Waals surface area (Å²) in [5.74, 6) is -1.46. The number of ether oxygens (including phenoxy) is 3. The van der Waals surface area contributed by atoms with E-state index in [0.29, 0.717) is 12.8 Å². The molecule has 2 aliphatic carbocycles. The van der Waals surface area contributed by atoms with E-state index in [1.165, 1.54) is 14.0 Å². The summed E-state index contributed by atoms with van der Waals surface area (Å²) in [5, 5.41) is 11.9. The Morgan fingerprint density at radius 1 is 1.33 bits per heavy atom. The number of hydrogen-bond donors (Lipinski definition) is 1. The van der Waals surface area contributed by atoms with Crippen molar-refractivity contribution in [2.24, 2.45) is 28.6 Å². The van der Waals surface area contributed by atoms with Crippen molar-refractivity contribution in [1.82, 2.24) is 0 Å². The van der Waals surface area contributed by atoms with E-state index in [1.54, 1.807) is 6.92 Å². The largest absolute Gasteiger partial charge is 0.462 e. The Balaban J connectivity index is 2.16.